The van der Waals surface area contributed by atoms with E-state index in [1.807, 2.05) is 0 Å². The fourth-order valence-electron chi connectivity index (χ4n) is 7.88. The van der Waals surface area contributed by atoms with Gasteiger partial charge in [-0.05, 0) is 56.8 Å². The van der Waals surface area contributed by atoms with Crippen molar-refractivity contribution in [2.45, 2.75) is 239 Å². The molecule has 0 bridgehead atoms. The monoisotopic (exact) mass is 733 g/mol. The number of hydrogen-bond acceptors (Lipinski definition) is 0. The Bertz CT molecular complexity index is 837. The van der Waals surface area contributed by atoms with Gasteiger partial charge in [-0.25, -0.2) is 0 Å². The van der Waals surface area contributed by atoms with E-state index >= 15 is 0 Å². The van der Waals surface area contributed by atoms with Crippen LogP contribution >= 0.6 is 0 Å². The zero-order valence-corrected chi connectivity index (χ0v) is 36.5. The lowest BCUT2D eigenvalue weighted by molar-refractivity contribution is -0.925. The second kappa shape index (κ2) is 40.1. The Morgan fingerprint density at radius 3 is 0.868 bits per heavy atom. The molecule has 1 aromatic carbocycles. The maximum atomic E-state index is 2.54. The summed E-state index contributed by atoms with van der Waals surface area (Å²) in [6.07, 6.45) is 61.4. The highest BCUT2D eigenvalue weighted by atomic mass is 15.3. The van der Waals surface area contributed by atoms with Gasteiger partial charge in [0.2, 0.25) is 0 Å². The van der Waals surface area contributed by atoms with Crippen LogP contribution in [0, 0.1) is 0 Å². The lowest BCUT2D eigenvalue weighted by Gasteiger charge is -2.36. The molecule has 0 heterocycles. The minimum Gasteiger partial charge on any atom is -0.310 e. The highest BCUT2D eigenvalue weighted by molar-refractivity contribution is 5.13. The van der Waals surface area contributed by atoms with Crippen LogP contribution < -0.4 is 0 Å². The van der Waals surface area contributed by atoms with Crippen LogP contribution in [0.4, 0.5) is 0 Å². The van der Waals surface area contributed by atoms with Crippen LogP contribution in [-0.2, 0) is 6.54 Å². The third kappa shape index (κ3) is 33.5. The van der Waals surface area contributed by atoms with Crippen molar-refractivity contribution in [3.05, 3.63) is 72.4 Å². The number of benzene rings is 1. The van der Waals surface area contributed by atoms with E-state index in [0.717, 1.165) is 30.7 Å². The van der Waals surface area contributed by atoms with E-state index in [4.69, 9.17) is 0 Å². The van der Waals surface area contributed by atoms with Crippen molar-refractivity contribution in [3.63, 3.8) is 0 Å². The Kier molecular flexibility index (Phi) is 37.4. The van der Waals surface area contributed by atoms with Crippen LogP contribution in [0.15, 0.2) is 66.8 Å². The van der Waals surface area contributed by atoms with E-state index < -0.39 is 0 Å². The summed E-state index contributed by atoms with van der Waals surface area (Å²) in [4.78, 5) is 0. The molecule has 0 aliphatic rings. The van der Waals surface area contributed by atoms with Crippen molar-refractivity contribution in [1.82, 2.24) is 0 Å². The van der Waals surface area contributed by atoms with Gasteiger partial charge in [-0.3, -0.25) is 0 Å². The predicted molar refractivity (Wildman–Crippen MR) is 242 cm³/mol. The van der Waals surface area contributed by atoms with Crippen molar-refractivity contribution in [3.8, 4) is 0 Å². The first-order valence-corrected chi connectivity index (χ1v) is 24.1. The van der Waals surface area contributed by atoms with Gasteiger partial charge in [0.25, 0.3) is 0 Å². The number of unbranched alkanes of at least 4 members (excludes halogenated alkanes) is 30. The van der Waals surface area contributed by atoms with Crippen LogP contribution in [-0.4, -0.2) is 24.1 Å². The van der Waals surface area contributed by atoms with Crippen molar-refractivity contribution < 1.29 is 4.48 Å². The van der Waals surface area contributed by atoms with Crippen LogP contribution in [0.2, 0.25) is 0 Å². The predicted octanol–water partition coefficient (Wildman–Crippen LogP) is 17.6. The Balaban J connectivity index is 2.64. The Morgan fingerprint density at radius 1 is 0.321 bits per heavy atom. The normalized spacial score (nSPS) is 12.4. The molecule has 1 rings (SSSR count). The fraction of sp³-hybridized carbons (Fsp3) is 0.769. The summed E-state index contributed by atoms with van der Waals surface area (Å²) in [6.45, 7) is 11.4. The van der Waals surface area contributed by atoms with E-state index in [0.29, 0.717) is 0 Å². The lowest BCUT2D eigenvalue weighted by Crippen LogP contribution is -2.47. The summed E-state index contributed by atoms with van der Waals surface area (Å²) < 4.78 is 1.10. The van der Waals surface area contributed by atoms with Crippen molar-refractivity contribution in [2.24, 2.45) is 0 Å². The second-order valence-corrected chi connectivity index (χ2v) is 16.9. The first-order chi connectivity index (χ1) is 26.3. The van der Waals surface area contributed by atoms with Gasteiger partial charge in [0.15, 0.2) is 0 Å². The Labute approximate surface area is 334 Å². The molecule has 0 saturated carbocycles. The molecule has 0 aliphatic heterocycles. The number of allylic oxidation sites excluding steroid dienone is 3. The third-order valence-electron chi connectivity index (χ3n) is 11.5. The summed E-state index contributed by atoms with van der Waals surface area (Å²) in [5.41, 5.74) is 1.47. The topological polar surface area (TPSA) is 0 Å². The lowest BCUT2D eigenvalue weighted by atomic mass is 10.1. The Hall–Kier alpha value is -1.60. The summed E-state index contributed by atoms with van der Waals surface area (Å²) in [5.74, 6) is 0. The van der Waals surface area contributed by atoms with Gasteiger partial charge in [0.05, 0.1) is 19.6 Å². The summed E-state index contributed by atoms with van der Waals surface area (Å²) >= 11 is 0. The van der Waals surface area contributed by atoms with Crippen molar-refractivity contribution >= 4 is 0 Å². The number of hydrogen-bond donors (Lipinski definition) is 0. The molecular formula is C52H94N+. The highest BCUT2D eigenvalue weighted by Gasteiger charge is 2.24. The maximum Gasteiger partial charge on any atom is 0.105 e. The van der Waals surface area contributed by atoms with Crippen LogP contribution in [0.1, 0.15) is 238 Å². The van der Waals surface area contributed by atoms with Crippen LogP contribution in [0.5, 0.6) is 0 Å². The SMILES string of the molecule is CCCCCCCCCCCC/C=C/C[N+](C/C=C/CCCCCCCCCCCC)(C/C=C/CCCCCCCCCCCC)Cc1ccccc1. The molecule has 0 N–H and O–H groups in total. The van der Waals surface area contributed by atoms with Gasteiger partial charge in [-0.1, -0.05) is 243 Å². The third-order valence-corrected chi connectivity index (χ3v) is 11.5. The second-order valence-electron chi connectivity index (χ2n) is 16.9. The minimum absolute atomic E-state index is 1.10. The van der Waals surface area contributed by atoms with E-state index in [9.17, 15) is 0 Å². The van der Waals surface area contributed by atoms with Crippen molar-refractivity contribution in [1.29, 1.82) is 0 Å². The molecule has 306 valence electrons. The number of nitrogens with zero attached hydrogens (tertiary/aromatic N) is 1. The molecule has 0 unspecified atom stereocenters. The first kappa shape index (κ1) is 49.4. The van der Waals surface area contributed by atoms with Gasteiger partial charge < -0.3 is 4.48 Å². The molecule has 0 saturated heterocycles. The average molecular weight is 733 g/mol. The quantitative estimate of drug-likeness (QED) is 0.0357. The largest absolute Gasteiger partial charge is 0.310 e. The molecule has 1 aromatic rings. The molecule has 0 radical (unpaired) electrons. The fourth-order valence-corrected chi connectivity index (χ4v) is 7.88. The van der Waals surface area contributed by atoms with Crippen LogP contribution in [0.3, 0.4) is 0 Å². The molecule has 1 nitrogen and oxygen atoms in total. The summed E-state index contributed by atoms with van der Waals surface area (Å²) in [5, 5.41) is 0. The molecule has 53 heavy (non-hydrogen) atoms. The maximum absolute atomic E-state index is 2.54. The van der Waals surface area contributed by atoms with Gasteiger partial charge >= 0.3 is 0 Å². The first-order valence-electron chi connectivity index (χ1n) is 24.1. The van der Waals surface area contributed by atoms with Gasteiger partial charge in [0, 0.05) is 5.56 Å². The standard InChI is InChI=1S/C52H94N/c1-4-7-10-13-16-19-22-25-28-31-34-37-43-48-53(51-52-46-41-40-42-47-52,49-44-38-35-32-29-26-23-20-17-14-11-8-5-2)50-45-39-36-33-30-27-24-21-18-15-12-9-6-3/h37-47H,4-36,48-51H2,1-3H3/q+1/b43-37+,44-38+,45-39+. The van der Waals surface area contributed by atoms with E-state index in [2.05, 4.69) is 87.6 Å². The Morgan fingerprint density at radius 2 is 0.585 bits per heavy atom. The van der Waals surface area contributed by atoms with Gasteiger partial charge in [-0.2, -0.15) is 0 Å². The molecule has 1 heteroatoms. The molecule has 0 atom stereocenters. The molecule has 0 aliphatic carbocycles. The highest BCUT2D eigenvalue weighted by Crippen LogP contribution is 2.19. The molecule has 0 aromatic heterocycles. The zero-order chi connectivity index (χ0) is 38.0. The summed E-state index contributed by atoms with van der Waals surface area (Å²) in [7, 11) is 0. The smallest absolute Gasteiger partial charge is 0.105 e. The van der Waals surface area contributed by atoms with Crippen LogP contribution in [0.25, 0.3) is 0 Å². The minimum atomic E-state index is 1.10. The average Bonchev–Trinajstić information content (AvgIpc) is 3.17. The molecular weight excluding hydrogens is 639 g/mol. The van der Waals surface area contributed by atoms with E-state index in [1.165, 1.54) is 217 Å². The van der Waals surface area contributed by atoms with E-state index in [-0.39, 0.29) is 0 Å². The zero-order valence-electron chi connectivity index (χ0n) is 36.5. The molecule has 0 amide bonds. The van der Waals surface area contributed by atoms with Crippen molar-refractivity contribution in [2.75, 3.05) is 19.6 Å². The van der Waals surface area contributed by atoms with E-state index in [1.54, 1.807) is 0 Å². The molecule has 0 spiro atoms. The molecule has 0 fully saturated rings. The number of rotatable bonds is 41. The van der Waals surface area contributed by atoms with Gasteiger partial charge in [-0.15, -0.1) is 0 Å². The summed E-state index contributed by atoms with van der Waals surface area (Å²) in [6, 6.07) is 11.3. The van der Waals surface area contributed by atoms with Gasteiger partial charge in [0.1, 0.15) is 6.54 Å². The number of quaternary nitrogens is 1.